The number of piperidine rings is 1. The Morgan fingerprint density at radius 3 is 2.42 bits per heavy atom. The number of amides is 1. The van der Waals surface area contributed by atoms with E-state index in [1.54, 1.807) is 25.7 Å². The van der Waals surface area contributed by atoms with Crippen LogP contribution in [0.3, 0.4) is 0 Å². The van der Waals surface area contributed by atoms with Crippen molar-refractivity contribution in [1.29, 1.82) is 0 Å². The minimum atomic E-state index is -0.884. The molecule has 0 N–H and O–H groups in total. The maximum atomic E-state index is 13.7. The van der Waals surface area contributed by atoms with Crippen molar-refractivity contribution >= 4 is 35.1 Å². The molecule has 130 valence electrons. The molecular formula is C16H17Cl2FN2O3. The third-order valence-electron chi connectivity index (χ3n) is 4.33. The van der Waals surface area contributed by atoms with Gasteiger partial charge in [0.15, 0.2) is 16.8 Å². The second-order valence-corrected chi connectivity index (χ2v) is 7.93. The lowest BCUT2D eigenvalue weighted by Gasteiger charge is -2.25. The third-order valence-corrected chi connectivity index (χ3v) is 4.96. The first kappa shape index (κ1) is 17.4. The molecule has 1 saturated heterocycles. The number of likely N-dealkylation sites (tertiary alicyclic amines) is 1. The van der Waals surface area contributed by atoms with Crippen LogP contribution >= 0.6 is 23.2 Å². The molecule has 0 aromatic carbocycles. The number of nitrogens with zero attached hydrogens (tertiary/aromatic N) is 2. The highest BCUT2D eigenvalue weighted by Gasteiger charge is 2.60. The zero-order chi connectivity index (χ0) is 17.8. The molecule has 3 rings (SSSR count). The number of aromatic nitrogens is 1. The average Bonchev–Trinajstić information content (AvgIpc) is 2.96. The Balaban J connectivity index is 1.65. The molecule has 5 nitrogen and oxygen atoms in total. The van der Waals surface area contributed by atoms with Crippen molar-refractivity contribution in [2.45, 2.75) is 26.4 Å². The molecule has 1 aromatic rings. The van der Waals surface area contributed by atoms with Gasteiger partial charge in [0.05, 0.1) is 10.6 Å². The highest BCUT2D eigenvalue weighted by Crippen LogP contribution is 2.53. The predicted molar refractivity (Wildman–Crippen MR) is 86.8 cm³/mol. The van der Waals surface area contributed by atoms with Crippen LogP contribution in [0.2, 0.25) is 10.2 Å². The first-order valence-corrected chi connectivity index (χ1v) is 8.37. The van der Waals surface area contributed by atoms with Crippen LogP contribution in [0.15, 0.2) is 6.20 Å². The molecule has 3 atom stereocenters. The molecule has 2 aliphatic rings. The summed E-state index contributed by atoms with van der Waals surface area (Å²) in [5.41, 5.74) is -0.513. The van der Waals surface area contributed by atoms with Gasteiger partial charge in [-0.05, 0) is 32.6 Å². The summed E-state index contributed by atoms with van der Waals surface area (Å²) in [4.78, 5) is 29.8. The van der Waals surface area contributed by atoms with Gasteiger partial charge in [-0.3, -0.25) is 4.79 Å². The number of hydrogen-bond acceptors (Lipinski definition) is 4. The Morgan fingerprint density at radius 2 is 1.88 bits per heavy atom. The van der Waals surface area contributed by atoms with Crippen LogP contribution in [-0.2, 0) is 4.74 Å². The molecular weight excluding hydrogens is 358 g/mol. The predicted octanol–water partition coefficient (Wildman–Crippen LogP) is 3.82. The molecule has 2 heterocycles. The van der Waals surface area contributed by atoms with Gasteiger partial charge in [0.25, 0.3) is 0 Å². The van der Waals surface area contributed by atoms with Crippen molar-refractivity contribution < 1.29 is 18.7 Å². The van der Waals surface area contributed by atoms with Gasteiger partial charge in [-0.25, -0.2) is 14.2 Å². The van der Waals surface area contributed by atoms with Gasteiger partial charge in [-0.2, -0.15) is 0 Å². The van der Waals surface area contributed by atoms with Crippen LogP contribution in [0.25, 0.3) is 0 Å². The van der Waals surface area contributed by atoms with E-state index < -0.39 is 11.4 Å². The van der Waals surface area contributed by atoms with Crippen LogP contribution in [0.1, 0.15) is 31.1 Å². The van der Waals surface area contributed by atoms with Crippen LogP contribution in [0.4, 0.5) is 9.18 Å². The molecule has 1 amide bonds. The fraction of sp³-hybridized carbons (Fsp3) is 0.562. The Hall–Kier alpha value is -1.40. The lowest BCUT2D eigenvalue weighted by atomic mass is 10.1. The largest absolute Gasteiger partial charge is 0.444 e. The molecule has 1 aliphatic carbocycles. The molecule has 1 saturated carbocycles. The fourth-order valence-electron chi connectivity index (χ4n) is 3.19. The Bertz CT molecular complexity index is 708. The maximum absolute atomic E-state index is 13.7. The Kier molecular flexibility index (Phi) is 4.24. The van der Waals surface area contributed by atoms with E-state index in [1.807, 2.05) is 0 Å². The van der Waals surface area contributed by atoms with Gasteiger partial charge in [-0.1, -0.05) is 23.2 Å². The van der Waals surface area contributed by atoms with E-state index >= 15 is 0 Å². The first-order chi connectivity index (χ1) is 11.1. The second kappa shape index (κ2) is 5.85. The van der Waals surface area contributed by atoms with Crippen molar-refractivity contribution in [3.05, 3.63) is 27.8 Å². The molecule has 2 fully saturated rings. The summed E-state index contributed by atoms with van der Waals surface area (Å²) in [6, 6.07) is 0. The monoisotopic (exact) mass is 374 g/mol. The van der Waals surface area contributed by atoms with Gasteiger partial charge in [0.1, 0.15) is 5.60 Å². The minimum Gasteiger partial charge on any atom is -0.444 e. The number of Topliss-reactive ketones (excluding diaryl/α,β-unsaturated/α-hetero) is 1. The summed E-state index contributed by atoms with van der Waals surface area (Å²) < 4.78 is 19.0. The zero-order valence-electron chi connectivity index (χ0n) is 13.5. The van der Waals surface area contributed by atoms with E-state index in [0.717, 1.165) is 0 Å². The summed E-state index contributed by atoms with van der Waals surface area (Å²) in [6.07, 6.45) is 0.827. The number of rotatable bonds is 2. The normalized spacial score (nSPS) is 25.4. The summed E-state index contributed by atoms with van der Waals surface area (Å²) in [7, 11) is 0. The lowest BCUT2D eigenvalue weighted by molar-refractivity contribution is 0.0264. The van der Waals surface area contributed by atoms with E-state index in [2.05, 4.69) is 4.98 Å². The Morgan fingerprint density at radius 1 is 1.29 bits per heavy atom. The van der Waals surface area contributed by atoms with Gasteiger partial charge in [-0.15, -0.1) is 0 Å². The molecule has 1 aliphatic heterocycles. The highest BCUT2D eigenvalue weighted by atomic mass is 35.5. The summed E-state index contributed by atoms with van der Waals surface area (Å²) in [5, 5.41) is -0.655. The van der Waals surface area contributed by atoms with E-state index in [0.29, 0.717) is 13.1 Å². The smallest absolute Gasteiger partial charge is 0.410 e. The zero-order valence-corrected chi connectivity index (χ0v) is 15.0. The van der Waals surface area contributed by atoms with Crippen LogP contribution in [0, 0.1) is 23.6 Å². The number of carbonyl (C=O) groups is 2. The van der Waals surface area contributed by atoms with Gasteiger partial charge in [0, 0.05) is 25.2 Å². The van der Waals surface area contributed by atoms with E-state index in [-0.39, 0.29) is 45.4 Å². The number of halogens is 3. The number of ketones is 1. The second-order valence-electron chi connectivity index (χ2n) is 7.19. The van der Waals surface area contributed by atoms with E-state index in [1.165, 1.54) is 6.20 Å². The number of ether oxygens (including phenoxy) is 1. The lowest BCUT2D eigenvalue weighted by Crippen LogP contribution is -2.37. The Labute approximate surface area is 149 Å². The standard InChI is InChI=1S/C16H17Cl2FN2O3/c1-16(2,3)24-15(23)21-5-8-9(6-21)10(8)13(22)7-4-20-14(18)12(19)11(7)17/h4,8-10H,5-6H2,1-3H3/t8-,9+,10?. The van der Waals surface area contributed by atoms with Crippen LogP contribution in [0.5, 0.6) is 0 Å². The number of carbonyl (C=O) groups excluding carboxylic acids is 2. The minimum absolute atomic E-state index is 0.0433. The van der Waals surface area contributed by atoms with Gasteiger partial charge >= 0.3 is 6.09 Å². The van der Waals surface area contributed by atoms with Gasteiger partial charge in [0.2, 0.25) is 0 Å². The van der Waals surface area contributed by atoms with Gasteiger partial charge < -0.3 is 9.64 Å². The van der Waals surface area contributed by atoms with Crippen molar-refractivity contribution in [1.82, 2.24) is 9.88 Å². The molecule has 1 unspecified atom stereocenters. The molecule has 8 heteroatoms. The maximum Gasteiger partial charge on any atom is 0.410 e. The van der Waals surface area contributed by atoms with Crippen LogP contribution < -0.4 is 0 Å². The molecule has 0 spiro atoms. The third kappa shape index (κ3) is 3.09. The fourth-order valence-corrected chi connectivity index (χ4v) is 3.61. The first-order valence-electron chi connectivity index (χ1n) is 7.62. The molecule has 1 aromatic heterocycles. The quantitative estimate of drug-likeness (QED) is 0.583. The number of fused-ring (bicyclic) bond motifs is 1. The molecule has 24 heavy (non-hydrogen) atoms. The van der Waals surface area contributed by atoms with Crippen molar-refractivity contribution in [3.8, 4) is 0 Å². The van der Waals surface area contributed by atoms with Crippen molar-refractivity contribution in [3.63, 3.8) is 0 Å². The highest BCUT2D eigenvalue weighted by molar-refractivity contribution is 6.36. The number of pyridine rings is 1. The average molecular weight is 375 g/mol. The van der Waals surface area contributed by atoms with E-state index in [4.69, 9.17) is 27.9 Å². The summed E-state index contributed by atoms with van der Waals surface area (Å²) in [5.74, 6) is -1.28. The topological polar surface area (TPSA) is 59.5 Å². The SMILES string of the molecule is CC(C)(C)OC(=O)N1C[C@@H]2C(C(=O)c3cnc(Cl)c(F)c3Cl)[C@@H]2C1. The molecule has 0 radical (unpaired) electrons. The summed E-state index contributed by atoms with van der Waals surface area (Å²) >= 11 is 11.4. The number of hydrogen-bond donors (Lipinski definition) is 0. The van der Waals surface area contributed by atoms with Crippen molar-refractivity contribution in [2.75, 3.05) is 13.1 Å². The van der Waals surface area contributed by atoms with Crippen molar-refractivity contribution in [2.24, 2.45) is 17.8 Å². The van der Waals surface area contributed by atoms with Crippen LogP contribution in [-0.4, -0.2) is 40.5 Å². The van der Waals surface area contributed by atoms with E-state index in [9.17, 15) is 14.0 Å². The molecule has 0 bridgehead atoms. The summed E-state index contributed by atoms with van der Waals surface area (Å²) in [6.45, 7) is 6.32.